The van der Waals surface area contributed by atoms with E-state index >= 15 is 0 Å². The smallest absolute Gasteiger partial charge is 0.183 e. The molecule has 0 amide bonds. The van der Waals surface area contributed by atoms with Gasteiger partial charge in [0.25, 0.3) is 0 Å². The number of aryl methyl sites for hydroxylation is 1. The summed E-state index contributed by atoms with van der Waals surface area (Å²) in [6.45, 7) is 0. The topological polar surface area (TPSA) is 67.3 Å². The third-order valence-electron chi connectivity index (χ3n) is 2.53. The van der Waals surface area contributed by atoms with E-state index in [1.54, 1.807) is 6.20 Å². The Morgan fingerprint density at radius 1 is 1.27 bits per heavy atom. The monoisotopic (exact) mass is 221 g/mol. The highest BCUT2D eigenvalue weighted by Crippen LogP contribution is 2.27. The van der Waals surface area contributed by atoms with Gasteiger partial charge in [-0.25, -0.2) is 9.97 Å². The first-order valence-corrected chi connectivity index (χ1v) is 5.14. The van der Waals surface area contributed by atoms with E-state index in [0.29, 0.717) is 16.7 Å². The zero-order valence-corrected chi connectivity index (χ0v) is 8.62. The lowest BCUT2D eigenvalue weighted by Gasteiger charge is -2.02. The van der Waals surface area contributed by atoms with Crippen LogP contribution in [0.2, 0.25) is 5.15 Å². The van der Waals surface area contributed by atoms with Gasteiger partial charge in [0.05, 0.1) is 6.20 Å². The van der Waals surface area contributed by atoms with Crippen LogP contribution in [0.3, 0.4) is 0 Å². The fourth-order valence-corrected chi connectivity index (χ4v) is 2.09. The van der Waals surface area contributed by atoms with Crippen molar-refractivity contribution < 1.29 is 0 Å². The maximum Gasteiger partial charge on any atom is 0.183 e. The molecule has 0 saturated carbocycles. The van der Waals surface area contributed by atoms with Crippen LogP contribution in [0.25, 0.3) is 11.5 Å². The molecule has 0 aromatic carbocycles. The highest BCUT2D eigenvalue weighted by molar-refractivity contribution is 6.30. The lowest BCUT2D eigenvalue weighted by Crippen LogP contribution is -1.97. The van der Waals surface area contributed by atoms with Crippen LogP contribution >= 0.6 is 11.6 Å². The normalized spacial score (nSPS) is 14.2. The minimum Gasteiger partial charge on any atom is -0.231 e. The fourth-order valence-electron chi connectivity index (χ4n) is 1.81. The Balaban J connectivity index is 2.15. The van der Waals surface area contributed by atoms with E-state index in [4.69, 9.17) is 11.6 Å². The summed E-state index contributed by atoms with van der Waals surface area (Å²) >= 11 is 6.08. The van der Waals surface area contributed by atoms with Crippen molar-refractivity contribution in [2.75, 3.05) is 0 Å². The molecule has 0 spiro atoms. The molecule has 1 aliphatic rings. The van der Waals surface area contributed by atoms with Crippen molar-refractivity contribution in [1.82, 2.24) is 25.4 Å². The van der Waals surface area contributed by atoms with Gasteiger partial charge >= 0.3 is 0 Å². The van der Waals surface area contributed by atoms with Crippen molar-refractivity contribution >= 4 is 11.6 Å². The van der Waals surface area contributed by atoms with Gasteiger partial charge in [0.1, 0.15) is 10.8 Å². The van der Waals surface area contributed by atoms with Gasteiger partial charge in [-0.15, -0.1) is 0 Å². The molecule has 0 aliphatic heterocycles. The van der Waals surface area contributed by atoms with Crippen LogP contribution in [0.5, 0.6) is 0 Å². The number of rotatable bonds is 1. The van der Waals surface area contributed by atoms with Crippen LogP contribution in [-0.4, -0.2) is 25.4 Å². The fraction of sp³-hybridized carbons (Fsp3) is 0.333. The number of hydrogen-bond acceptors (Lipinski definition) is 4. The maximum absolute atomic E-state index is 6.08. The van der Waals surface area contributed by atoms with Gasteiger partial charge in [-0.1, -0.05) is 11.6 Å². The summed E-state index contributed by atoms with van der Waals surface area (Å²) in [4.78, 5) is 8.66. The number of fused-ring (bicyclic) bond motifs is 1. The molecule has 1 N–H and O–H groups in total. The Hall–Kier alpha value is -1.49. The lowest BCUT2D eigenvalue weighted by atomic mass is 10.2. The molecule has 2 heterocycles. The summed E-state index contributed by atoms with van der Waals surface area (Å²) in [5, 5.41) is 10.7. The third-order valence-corrected chi connectivity index (χ3v) is 2.84. The van der Waals surface area contributed by atoms with E-state index in [9.17, 15) is 0 Å². The number of aromatic amines is 1. The zero-order chi connectivity index (χ0) is 10.3. The predicted octanol–water partition coefficient (Wildman–Crippen LogP) is 1.40. The van der Waals surface area contributed by atoms with Crippen molar-refractivity contribution in [3.05, 3.63) is 22.6 Å². The van der Waals surface area contributed by atoms with Gasteiger partial charge < -0.3 is 0 Å². The molecular weight excluding hydrogens is 214 g/mol. The molecule has 0 unspecified atom stereocenters. The van der Waals surface area contributed by atoms with Gasteiger partial charge in [0, 0.05) is 11.3 Å². The molecule has 76 valence electrons. The van der Waals surface area contributed by atoms with Crippen LogP contribution in [0.15, 0.2) is 6.20 Å². The lowest BCUT2D eigenvalue weighted by molar-refractivity contribution is 0.899. The quantitative estimate of drug-likeness (QED) is 0.740. The molecule has 0 fully saturated rings. The summed E-state index contributed by atoms with van der Waals surface area (Å²) in [5.41, 5.74) is 2.77. The SMILES string of the molecule is Clc1nc(-c2cn[nH]n2)nc2c1CCC2. The Morgan fingerprint density at radius 3 is 3.00 bits per heavy atom. The van der Waals surface area contributed by atoms with E-state index in [0.717, 1.165) is 30.5 Å². The maximum atomic E-state index is 6.08. The second kappa shape index (κ2) is 3.27. The van der Waals surface area contributed by atoms with Gasteiger partial charge in [0.2, 0.25) is 0 Å². The summed E-state index contributed by atoms with van der Waals surface area (Å²) in [6, 6.07) is 0. The van der Waals surface area contributed by atoms with Gasteiger partial charge in [-0.05, 0) is 19.3 Å². The Labute approximate surface area is 90.9 Å². The second-order valence-electron chi connectivity index (χ2n) is 3.47. The molecule has 0 saturated heterocycles. The van der Waals surface area contributed by atoms with Gasteiger partial charge in [-0.3, -0.25) is 0 Å². The molecular formula is C9H8ClN5. The number of halogens is 1. The van der Waals surface area contributed by atoms with E-state index in [1.807, 2.05) is 0 Å². The van der Waals surface area contributed by atoms with E-state index in [1.165, 1.54) is 0 Å². The van der Waals surface area contributed by atoms with E-state index in [-0.39, 0.29) is 0 Å². The summed E-state index contributed by atoms with van der Waals surface area (Å²) in [5.74, 6) is 0.550. The molecule has 0 atom stereocenters. The van der Waals surface area contributed by atoms with E-state index < -0.39 is 0 Å². The molecule has 2 aromatic heterocycles. The Kier molecular flexibility index (Phi) is 1.92. The van der Waals surface area contributed by atoms with Crippen LogP contribution in [0.4, 0.5) is 0 Å². The Morgan fingerprint density at radius 2 is 2.20 bits per heavy atom. The first-order chi connectivity index (χ1) is 7.34. The van der Waals surface area contributed by atoms with Crippen LogP contribution in [-0.2, 0) is 12.8 Å². The molecule has 0 radical (unpaired) electrons. The number of hydrogen-bond donors (Lipinski definition) is 1. The standard InChI is InChI=1S/C9H8ClN5/c10-8-5-2-1-3-6(5)12-9(13-8)7-4-11-15-14-7/h4H,1-3H2,(H,11,14,15). The minimum absolute atomic E-state index is 0.550. The molecule has 5 nitrogen and oxygen atoms in total. The average Bonchev–Trinajstić information content (AvgIpc) is 2.88. The van der Waals surface area contributed by atoms with Crippen molar-refractivity contribution in [3.63, 3.8) is 0 Å². The molecule has 15 heavy (non-hydrogen) atoms. The summed E-state index contributed by atoms with van der Waals surface area (Å²) < 4.78 is 0. The summed E-state index contributed by atoms with van der Waals surface area (Å²) in [7, 11) is 0. The van der Waals surface area contributed by atoms with Gasteiger partial charge in [-0.2, -0.15) is 15.4 Å². The molecule has 0 bridgehead atoms. The molecule has 3 rings (SSSR count). The minimum atomic E-state index is 0.550. The van der Waals surface area contributed by atoms with E-state index in [2.05, 4.69) is 25.4 Å². The van der Waals surface area contributed by atoms with Crippen molar-refractivity contribution in [2.24, 2.45) is 0 Å². The van der Waals surface area contributed by atoms with Crippen LogP contribution in [0.1, 0.15) is 17.7 Å². The number of nitrogens with one attached hydrogen (secondary N) is 1. The van der Waals surface area contributed by atoms with Crippen LogP contribution in [0, 0.1) is 0 Å². The largest absolute Gasteiger partial charge is 0.231 e. The highest BCUT2D eigenvalue weighted by atomic mass is 35.5. The molecule has 2 aromatic rings. The van der Waals surface area contributed by atoms with Gasteiger partial charge in [0.15, 0.2) is 5.82 Å². The first-order valence-electron chi connectivity index (χ1n) is 4.76. The van der Waals surface area contributed by atoms with Crippen LogP contribution < -0.4 is 0 Å². The molecule has 6 heteroatoms. The van der Waals surface area contributed by atoms with Crippen molar-refractivity contribution in [2.45, 2.75) is 19.3 Å². The predicted molar refractivity (Wildman–Crippen MR) is 54.4 cm³/mol. The number of aromatic nitrogens is 5. The highest BCUT2D eigenvalue weighted by Gasteiger charge is 2.19. The first kappa shape index (κ1) is 8.79. The number of H-pyrrole nitrogens is 1. The average molecular weight is 222 g/mol. The van der Waals surface area contributed by atoms with Crippen molar-refractivity contribution in [3.8, 4) is 11.5 Å². The second-order valence-corrected chi connectivity index (χ2v) is 3.83. The number of nitrogens with zero attached hydrogens (tertiary/aromatic N) is 4. The zero-order valence-electron chi connectivity index (χ0n) is 7.87. The summed E-state index contributed by atoms with van der Waals surface area (Å²) in [6.07, 6.45) is 4.65. The molecule has 1 aliphatic carbocycles. The van der Waals surface area contributed by atoms with Crippen molar-refractivity contribution in [1.29, 1.82) is 0 Å². The third kappa shape index (κ3) is 1.39. The Bertz CT molecular complexity index is 493.